The van der Waals surface area contributed by atoms with E-state index in [2.05, 4.69) is 0 Å². The summed E-state index contributed by atoms with van der Waals surface area (Å²) in [4.78, 5) is 25.1. The number of esters is 1. The first-order valence-corrected chi connectivity index (χ1v) is 8.36. The fourth-order valence-electron chi connectivity index (χ4n) is 4.82. The molecule has 1 saturated carbocycles. The number of hydrogen-bond donors (Lipinski definition) is 1. The molecule has 5 heteroatoms. The Labute approximate surface area is 131 Å². The van der Waals surface area contributed by atoms with E-state index in [-0.39, 0.29) is 36.1 Å². The Morgan fingerprint density at radius 3 is 2.77 bits per heavy atom. The summed E-state index contributed by atoms with van der Waals surface area (Å²) in [5.41, 5.74) is -1.39. The third-order valence-electron chi connectivity index (χ3n) is 6.03. The number of aliphatic hydroxyl groups is 1. The van der Waals surface area contributed by atoms with Crippen LogP contribution in [-0.4, -0.2) is 41.8 Å². The zero-order valence-electron chi connectivity index (χ0n) is 13.6. The molecular weight excluding hydrogens is 284 g/mol. The van der Waals surface area contributed by atoms with Crippen molar-refractivity contribution in [3.8, 4) is 0 Å². The molecule has 0 bridgehead atoms. The van der Waals surface area contributed by atoms with Gasteiger partial charge in [0.25, 0.3) is 0 Å². The van der Waals surface area contributed by atoms with Crippen LogP contribution in [0.3, 0.4) is 0 Å². The molecule has 1 spiro atoms. The van der Waals surface area contributed by atoms with Crippen molar-refractivity contribution in [2.75, 3.05) is 13.2 Å². The highest BCUT2D eigenvalue weighted by Crippen LogP contribution is 2.66. The van der Waals surface area contributed by atoms with Gasteiger partial charge in [0.05, 0.1) is 12.0 Å². The van der Waals surface area contributed by atoms with Gasteiger partial charge in [-0.15, -0.1) is 0 Å². The smallest absolute Gasteiger partial charge is 0.338 e. The lowest BCUT2D eigenvalue weighted by molar-refractivity contribution is -0.158. The number of cyclic esters (lactones) is 1. The average molecular weight is 310 g/mol. The highest BCUT2D eigenvalue weighted by molar-refractivity contribution is 5.91. The molecule has 3 rings (SSSR count). The third kappa shape index (κ3) is 1.98. The molecule has 5 atom stereocenters. The number of epoxide rings is 1. The normalized spacial score (nSPS) is 43.3. The molecular formula is C17H26O5. The zero-order chi connectivity index (χ0) is 16.1. The zero-order valence-corrected chi connectivity index (χ0v) is 13.6. The van der Waals surface area contributed by atoms with Crippen LogP contribution in [0.15, 0.2) is 0 Å². The summed E-state index contributed by atoms with van der Waals surface area (Å²) >= 11 is 0. The number of hydrogen-bond acceptors (Lipinski definition) is 5. The van der Waals surface area contributed by atoms with Gasteiger partial charge in [0.1, 0.15) is 11.4 Å². The topological polar surface area (TPSA) is 76.1 Å². The molecule has 0 aromatic carbocycles. The second-order valence-corrected chi connectivity index (χ2v) is 7.63. The van der Waals surface area contributed by atoms with Crippen LogP contribution in [0.5, 0.6) is 0 Å². The fourth-order valence-corrected chi connectivity index (χ4v) is 4.82. The molecule has 2 heterocycles. The van der Waals surface area contributed by atoms with Crippen molar-refractivity contribution in [3.63, 3.8) is 0 Å². The summed E-state index contributed by atoms with van der Waals surface area (Å²) < 4.78 is 11.1. The largest absolute Gasteiger partial charge is 0.463 e. The number of ether oxygens (including phenoxy) is 2. The van der Waals surface area contributed by atoms with Gasteiger partial charge >= 0.3 is 5.97 Å². The average Bonchev–Trinajstić information content (AvgIpc) is 3.20. The lowest BCUT2D eigenvalue weighted by Gasteiger charge is -2.50. The lowest BCUT2D eigenvalue weighted by Crippen LogP contribution is -2.60. The molecule has 5 unspecified atom stereocenters. The van der Waals surface area contributed by atoms with Gasteiger partial charge in [-0.05, 0) is 38.0 Å². The molecule has 22 heavy (non-hydrogen) atoms. The summed E-state index contributed by atoms with van der Waals surface area (Å²) in [6.45, 7) is 6.43. The molecule has 0 amide bonds. The summed E-state index contributed by atoms with van der Waals surface area (Å²) in [6.07, 6.45) is 2.24. The number of carbonyl (C=O) groups excluding carboxylic acids is 2. The standard InChI is InChI=1S/C17H26O5/c1-10(2)8-13(19)16(3)11(6-7-18)4-5-12-9-21-15(20)14-17(12,16)22-14/h10-12,14,18H,4-9H2,1-3H3. The van der Waals surface area contributed by atoms with E-state index >= 15 is 0 Å². The summed E-state index contributed by atoms with van der Waals surface area (Å²) in [5, 5.41) is 9.42. The highest BCUT2D eigenvalue weighted by atomic mass is 16.7. The molecule has 0 radical (unpaired) electrons. The summed E-state index contributed by atoms with van der Waals surface area (Å²) in [7, 11) is 0. The van der Waals surface area contributed by atoms with E-state index in [0.29, 0.717) is 19.4 Å². The second kappa shape index (κ2) is 5.31. The van der Waals surface area contributed by atoms with E-state index in [0.717, 1.165) is 12.8 Å². The van der Waals surface area contributed by atoms with Gasteiger partial charge in [-0.25, -0.2) is 4.79 Å². The predicted octanol–water partition coefficient (Wildman–Crippen LogP) is 1.71. The van der Waals surface area contributed by atoms with E-state index in [1.54, 1.807) is 0 Å². The number of carbonyl (C=O) groups is 2. The quantitative estimate of drug-likeness (QED) is 0.618. The minimum atomic E-state index is -0.701. The van der Waals surface area contributed by atoms with E-state index in [9.17, 15) is 14.7 Å². The van der Waals surface area contributed by atoms with Gasteiger partial charge in [0.2, 0.25) is 0 Å². The number of aliphatic hydroxyl groups excluding tert-OH is 1. The van der Waals surface area contributed by atoms with Crippen molar-refractivity contribution in [2.45, 2.75) is 58.2 Å². The van der Waals surface area contributed by atoms with Gasteiger partial charge in [-0.2, -0.15) is 0 Å². The fraction of sp³-hybridized carbons (Fsp3) is 0.882. The predicted molar refractivity (Wildman–Crippen MR) is 79.0 cm³/mol. The van der Waals surface area contributed by atoms with Crippen molar-refractivity contribution in [1.29, 1.82) is 0 Å². The highest BCUT2D eigenvalue weighted by Gasteiger charge is 2.80. The lowest BCUT2D eigenvalue weighted by atomic mass is 9.52. The summed E-state index contributed by atoms with van der Waals surface area (Å²) in [5.74, 6) is 0.276. The maximum Gasteiger partial charge on any atom is 0.338 e. The Hall–Kier alpha value is -0.940. The van der Waals surface area contributed by atoms with E-state index in [4.69, 9.17) is 9.47 Å². The van der Waals surface area contributed by atoms with E-state index in [1.165, 1.54) is 0 Å². The maximum absolute atomic E-state index is 13.1. The molecule has 124 valence electrons. The van der Waals surface area contributed by atoms with Crippen LogP contribution in [-0.2, 0) is 19.1 Å². The van der Waals surface area contributed by atoms with Crippen LogP contribution in [0.2, 0.25) is 0 Å². The molecule has 0 aromatic heterocycles. The molecule has 1 N–H and O–H groups in total. The Balaban J connectivity index is 1.99. The maximum atomic E-state index is 13.1. The second-order valence-electron chi connectivity index (χ2n) is 7.63. The molecule has 3 aliphatic rings. The van der Waals surface area contributed by atoms with Crippen LogP contribution in [0.25, 0.3) is 0 Å². The van der Waals surface area contributed by atoms with E-state index in [1.807, 2.05) is 20.8 Å². The summed E-state index contributed by atoms with van der Waals surface area (Å²) in [6, 6.07) is 0. The number of Topliss-reactive ketones (excluding diaryl/α,β-unsaturated/α-hetero) is 1. The molecule has 0 aromatic rings. The third-order valence-corrected chi connectivity index (χ3v) is 6.03. The van der Waals surface area contributed by atoms with Crippen molar-refractivity contribution in [3.05, 3.63) is 0 Å². The van der Waals surface area contributed by atoms with Crippen molar-refractivity contribution in [1.82, 2.24) is 0 Å². The van der Waals surface area contributed by atoms with Gasteiger partial charge in [0, 0.05) is 18.9 Å². The number of rotatable bonds is 5. The van der Waals surface area contributed by atoms with Gasteiger partial charge in [-0.3, -0.25) is 4.79 Å². The van der Waals surface area contributed by atoms with Crippen LogP contribution < -0.4 is 0 Å². The van der Waals surface area contributed by atoms with Crippen molar-refractivity contribution >= 4 is 11.8 Å². The minimum absolute atomic E-state index is 0.0606. The first-order chi connectivity index (χ1) is 10.4. The van der Waals surface area contributed by atoms with Crippen LogP contribution in [0.4, 0.5) is 0 Å². The molecule has 2 aliphatic heterocycles. The molecule has 3 fully saturated rings. The van der Waals surface area contributed by atoms with Gasteiger partial charge in [-0.1, -0.05) is 13.8 Å². The van der Waals surface area contributed by atoms with Crippen molar-refractivity contribution in [2.24, 2.45) is 23.2 Å². The minimum Gasteiger partial charge on any atom is -0.463 e. The monoisotopic (exact) mass is 310 g/mol. The SMILES string of the molecule is CC(C)CC(=O)C1(C)C(CCO)CCC2COC(=O)C3OC231. The molecule has 2 saturated heterocycles. The van der Waals surface area contributed by atoms with Crippen molar-refractivity contribution < 1.29 is 24.2 Å². The number of ketones is 1. The first kappa shape index (κ1) is 15.9. The first-order valence-electron chi connectivity index (χ1n) is 8.36. The Morgan fingerprint density at radius 1 is 1.41 bits per heavy atom. The Kier molecular flexibility index (Phi) is 3.84. The molecule has 1 aliphatic carbocycles. The van der Waals surface area contributed by atoms with Gasteiger partial charge < -0.3 is 14.6 Å². The van der Waals surface area contributed by atoms with Gasteiger partial charge in [0.15, 0.2) is 6.10 Å². The van der Waals surface area contributed by atoms with Crippen LogP contribution in [0.1, 0.15) is 46.5 Å². The van der Waals surface area contributed by atoms with Crippen LogP contribution >= 0.6 is 0 Å². The van der Waals surface area contributed by atoms with Crippen LogP contribution in [0, 0.1) is 23.2 Å². The Bertz CT molecular complexity index is 487. The van der Waals surface area contributed by atoms with E-state index < -0.39 is 17.1 Å². The molecule has 5 nitrogen and oxygen atoms in total. The Morgan fingerprint density at radius 2 is 2.14 bits per heavy atom.